The number of nitrogens with zero attached hydrogens (tertiary/aromatic N) is 2. The third kappa shape index (κ3) is 6.57. The van der Waals surface area contributed by atoms with Crippen molar-refractivity contribution in [1.82, 2.24) is 10.5 Å². The van der Waals surface area contributed by atoms with E-state index in [1.807, 2.05) is 0 Å². The van der Waals surface area contributed by atoms with Crippen molar-refractivity contribution < 1.29 is 75.0 Å². The molecular weight excluding hydrogens is 714 g/mol. The van der Waals surface area contributed by atoms with Gasteiger partial charge in [0.1, 0.15) is 13.2 Å². The van der Waals surface area contributed by atoms with Gasteiger partial charge in [-0.05, 0) is 29.2 Å². The first kappa shape index (κ1) is 35.4. The number of nitrogens with one attached hydrogen (secondary N) is 1. The second-order valence-electron chi connectivity index (χ2n) is 10.6. The molecule has 1 aromatic heterocycles. The number of ether oxygens (including phenoxy) is 9. The second kappa shape index (κ2) is 14.8. The van der Waals surface area contributed by atoms with Crippen LogP contribution >= 0.6 is 0 Å². The zero-order chi connectivity index (χ0) is 37.0. The van der Waals surface area contributed by atoms with Crippen LogP contribution in [-0.2, 0) is 24.1 Å². The van der Waals surface area contributed by atoms with Gasteiger partial charge in [-0.3, -0.25) is 14.2 Å². The summed E-state index contributed by atoms with van der Waals surface area (Å²) in [6, 6.07) is 9.87. The van der Waals surface area contributed by atoms with Crippen LogP contribution in [0.25, 0.3) is 11.1 Å². The molecule has 2 aliphatic heterocycles. The Balaban J connectivity index is 1.15. The highest BCUT2D eigenvalue weighted by Crippen LogP contribution is 2.56. The van der Waals surface area contributed by atoms with Crippen LogP contribution in [0.2, 0.25) is 0 Å². The minimum Gasteiger partial charge on any atom is -0.493 e. The van der Waals surface area contributed by atoms with Crippen LogP contribution in [-0.4, -0.2) is 86.1 Å². The van der Waals surface area contributed by atoms with Gasteiger partial charge < -0.3 is 53.2 Å². The van der Waals surface area contributed by atoms with Crippen LogP contribution in [0.4, 0.5) is 0 Å². The lowest BCUT2D eigenvalue weighted by atomic mass is 9.91. The van der Waals surface area contributed by atoms with Crippen LogP contribution < -0.4 is 43.4 Å². The number of carbonyl (C=O) groups excluding carboxylic acids is 3. The molecule has 3 aromatic carbocycles. The van der Waals surface area contributed by atoms with E-state index in [4.69, 9.17) is 42.6 Å². The number of hydrogen-bond acceptors (Lipinski definition) is 17. The highest BCUT2D eigenvalue weighted by Gasteiger charge is 2.38. The lowest BCUT2D eigenvalue weighted by Gasteiger charge is -2.19. The molecule has 274 valence electrons. The van der Waals surface area contributed by atoms with E-state index in [1.54, 1.807) is 6.07 Å². The molecule has 0 bridgehead atoms. The van der Waals surface area contributed by atoms with Crippen LogP contribution in [0.3, 0.4) is 0 Å². The van der Waals surface area contributed by atoms with Crippen molar-refractivity contribution in [2.45, 2.75) is 16.3 Å². The van der Waals surface area contributed by atoms with Gasteiger partial charge in [0, 0.05) is 17.7 Å². The maximum Gasteiger partial charge on any atom is 0.415 e. The van der Waals surface area contributed by atoms with E-state index >= 15 is 0 Å². The van der Waals surface area contributed by atoms with E-state index in [1.165, 1.54) is 57.7 Å². The minimum absolute atomic E-state index is 0.0354. The summed E-state index contributed by atoms with van der Waals surface area (Å²) < 4.78 is 79.2. The van der Waals surface area contributed by atoms with Gasteiger partial charge in [-0.1, -0.05) is 18.2 Å². The summed E-state index contributed by atoms with van der Waals surface area (Å²) in [5, 5.41) is 17.2. The number of carbonyl (C=O) groups is 3. The van der Waals surface area contributed by atoms with Crippen molar-refractivity contribution in [3.63, 3.8) is 0 Å². The quantitative estimate of drug-likeness (QED) is 0.110. The molecule has 20 heteroatoms. The lowest BCUT2D eigenvalue weighted by Crippen LogP contribution is -2.31. The van der Waals surface area contributed by atoms with Crippen molar-refractivity contribution >= 4 is 27.7 Å². The first-order chi connectivity index (χ1) is 25.1. The minimum atomic E-state index is -4.34. The molecule has 19 nitrogen and oxygen atoms in total. The van der Waals surface area contributed by atoms with Crippen molar-refractivity contribution in [2.24, 2.45) is 0 Å². The Kier molecular flexibility index (Phi) is 10.1. The van der Waals surface area contributed by atoms with E-state index in [2.05, 4.69) is 15.1 Å². The second-order valence-corrected chi connectivity index (χ2v) is 12.4. The third-order valence-electron chi connectivity index (χ3n) is 7.61. The molecule has 0 aliphatic carbocycles. The zero-order valence-corrected chi connectivity index (χ0v) is 28.4. The van der Waals surface area contributed by atoms with E-state index < -0.39 is 38.6 Å². The monoisotopic (exact) mass is 743 g/mol. The van der Waals surface area contributed by atoms with Gasteiger partial charge in [0.2, 0.25) is 25.1 Å². The molecule has 3 heterocycles. The number of fused-ring (bicyclic) bond motifs is 2. The highest BCUT2D eigenvalue weighted by atomic mass is 32.2. The van der Waals surface area contributed by atoms with Gasteiger partial charge in [-0.15, -0.1) is 0 Å². The summed E-state index contributed by atoms with van der Waals surface area (Å²) in [6.45, 7) is -1.40. The number of sulfone groups is 1. The van der Waals surface area contributed by atoms with E-state index in [9.17, 15) is 28.0 Å². The Hall–Kier alpha value is -6.44. The fourth-order valence-electron chi connectivity index (χ4n) is 5.31. The molecule has 1 N–H and O–H groups in total. The van der Waals surface area contributed by atoms with Crippen LogP contribution in [0, 0.1) is 5.21 Å². The standard InChI is InChI=1S/C32H29N3O16S/c1-42-20-13-18(23(27-25(20)47-15-49-27)24-19(32(38)44-3)14-21(43-2)26-28(24)50-16-48-26)29(37)33-10-9-22(36)45-11-12-46-30-31(35(39)51-34-30)52(40,41)17-7-5-4-6-8-17/h4-8,13-14H,9-12,15-16H2,1-3H3,(H,33,37). The van der Waals surface area contributed by atoms with Gasteiger partial charge >= 0.3 is 22.8 Å². The molecule has 0 saturated carbocycles. The normalized spacial score (nSPS) is 12.6. The van der Waals surface area contributed by atoms with Crippen molar-refractivity contribution in [3.8, 4) is 51.5 Å². The molecule has 2 aliphatic rings. The average molecular weight is 744 g/mol. The van der Waals surface area contributed by atoms with Gasteiger partial charge in [0.15, 0.2) is 23.0 Å². The fraction of sp³-hybridized carbons (Fsp3) is 0.281. The summed E-state index contributed by atoms with van der Waals surface area (Å²) in [5.74, 6) is -2.02. The van der Waals surface area contributed by atoms with E-state index in [0.717, 1.165) is 0 Å². The molecular formula is C32H29N3O16S. The number of methoxy groups -OCH3 is 3. The van der Waals surface area contributed by atoms with Gasteiger partial charge in [0.25, 0.3) is 15.7 Å². The fourth-order valence-corrected chi connectivity index (χ4v) is 6.60. The zero-order valence-electron chi connectivity index (χ0n) is 27.6. The SMILES string of the molecule is COC(=O)c1cc(OC)c2c(c1-c1c(C(=O)NCCC(=O)OCCOc3no[n+]([O-])c3S(=O)(=O)c3ccccc3)cc(OC)c3c1OCO3)OCO2. The average Bonchev–Trinajstić information content (AvgIpc) is 3.93. The van der Waals surface area contributed by atoms with E-state index in [-0.39, 0.29) is 106 Å². The molecule has 6 rings (SSSR count). The largest absolute Gasteiger partial charge is 0.493 e. The summed E-state index contributed by atoms with van der Waals surface area (Å²) >= 11 is 0. The number of benzene rings is 3. The maximum absolute atomic E-state index is 13.8. The summed E-state index contributed by atoms with van der Waals surface area (Å²) in [7, 11) is -0.410. The molecule has 52 heavy (non-hydrogen) atoms. The Labute approximate surface area is 294 Å². The number of rotatable bonds is 14. The third-order valence-corrected chi connectivity index (χ3v) is 9.34. The van der Waals surface area contributed by atoms with Crippen molar-refractivity contribution in [2.75, 3.05) is 54.7 Å². The smallest absolute Gasteiger partial charge is 0.415 e. The number of amides is 1. The first-order valence-corrected chi connectivity index (χ1v) is 16.6. The van der Waals surface area contributed by atoms with Crippen molar-refractivity contribution in [1.29, 1.82) is 0 Å². The molecule has 1 amide bonds. The molecule has 0 unspecified atom stereocenters. The summed E-state index contributed by atoms with van der Waals surface area (Å²) in [4.78, 5) is 38.8. The Morgan fingerprint density at radius 2 is 1.46 bits per heavy atom. The van der Waals surface area contributed by atoms with Crippen molar-refractivity contribution in [3.05, 3.63) is 58.8 Å². The van der Waals surface area contributed by atoms with Crippen LogP contribution in [0.1, 0.15) is 27.1 Å². The number of esters is 2. The molecule has 0 fully saturated rings. The molecule has 0 saturated heterocycles. The maximum atomic E-state index is 13.8. The van der Waals surface area contributed by atoms with Crippen LogP contribution in [0.5, 0.6) is 40.4 Å². The van der Waals surface area contributed by atoms with Gasteiger partial charge in [0.05, 0.1) is 48.9 Å². The highest BCUT2D eigenvalue weighted by molar-refractivity contribution is 7.91. The Morgan fingerprint density at radius 1 is 0.865 bits per heavy atom. The molecule has 4 aromatic rings. The van der Waals surface area contributed by atoms with Gasteiger partial charge in [-0.2, -0.15) is 0 Å². The van der Waals surface area contributed by atoms with Crippen LogP contribution in [0.15, 0.2) is 57.0 Å². The Bertz CT molecular complexity index is 2140. The lowest BCUT2D eigenvalue weighted by molar-refractivity contribution is -0.832. The first-order valence-electron chi connectivity index (χ1n) is 15.2. The molecule has 0 atom stereocenters. The predicted octanol–water partition coefficient (Wildman–Crippen LogP) is 1.81. The summed E-state index contributed by atoms with van der Waals surface area (Å²) in [5.41, 5.74) is 0.117. The Morgan fingerprint density at radius 3 is 2.08 bits per heavy atom. The summed E-state index contributed by atoms with van der Waals surface area (Å²) in [6.07, 6.45) is -0.302. The number of hydrogen-bond donors (Lipinski definition) is 1. The predicted molar refractivity (Wildman–Crippen MR) is 169 cm³/mol. The molecule has 0 spiro atoms. The van der Waals surface area contributed by atoms with E-state index in [0.29, 0.717) is 0 Å². The number of aromatic nitrogens is 2. The topological polar surface area (TPSA) is 233 Å². The van der Waals surface area contributed by atoms with Gasteiger partial charge in [-0.25, -0.2) is 13.2 Å². The molecule has 0 radical (unpaired) electrons.